The molecule has 0 rings (SSSR count). The van der Waals surface area contributed by atoms with E-state index in [2.05, 4.69) is 44.9 Å². The summed E-state index contributed by atoms with van der Waals surface area (Å²) in [5.74, 6) is -0.749. The summed E-state index contributed by atoms with van der Waals surface area (Å²) >= 11 is 0. The van der Waals surface area contributed by atoms with Crippen molar-refractivity contribution in [3.8, 4) is 0 Å². The first-order valence-corrected chi connectivity index (χ1v) is 19.1. The van der Waals surface area contributed by atoms with Gasteiger partial charge in [-0.3, -0.25) is 18.6 Å². The molecule has 0 heterocycles. The summed E-state index contributed by atoms with van der Waals surface area (Å²) in [6.07, 6.45) is 0.912. The second kappa shape index (κ2) is 28.1. The number of likely N-dealkylation sites (N-methyl/N-ethyl adjacent to an activating group) is 1. The quantitative estimate of drug-likeness (QED) is 0.0186. The average molecular weight is 749 g/mol. The van der Waals surface area contributed by atoms with E-state index in [9.17, 15) is 29.3 Å². The van der Waals surface area contributed by atoms with Crippen LogP contribution in [-0.2, 0) is 32.5 Å². The monoisotopic (exact) mass is 748 g/mol. The number of hydrogen-bond donors (Lipinski definition) is 7. The molecule has 16 nitrogen and oxygen atoms in total. The Labute approximate surface area is 295 Å². The van der Waals surface area contributed by atoms with Crippen LogP contribution in [0, 0.1) is 16.7 Å². The lowest BCUT2D eigenvalue weighted by Crippen LogP contribution is -2.48. The zero-order valence-corrected chi connectivity index (χ0v) is 33.2. The first kappa shape index (κ1) is 51.8. The number of nitrogens with two attached hydrogens (primary N) is 1. The van der Waals surface area contributed by atoms with Gasteiger partial charge in [0, 0.05) is 45.8 Å². The van der Waals surface area contributed by atoms with E-state index in [-0.39, 0.29) is 42.2 Å². The fourth-order valence-electron chi connectivity index (χ4n) is 4.76. The zero-order chi connectivity index (χ0) is 38.8. The zero-order valence-electron chi connectivity index (χ0n) is 31.4. The number of ether oxygens (including phenoxy) is 1. The number of phosphoric acid groups is 1. The number of phosphoric ester groups is 1. The van der Waals surface area contributed by atoms with E-state index in [4.69, 9.17) is 33.8 Å². The fourth-order valence-corrected chi connectivity index (χ4v) is 6.05. The Kier molecular flexibility index (Phi) is 29.7. The smallest absolute Gasteiger partial charge is 0.396 e. The molecule has 292 valence electrons. The highest BCUT2D eigenvalue weighted by Gasteiger charge is 2.39. The van der Waals surface area contributed by atoms with Crippen molar-refractivity contribution in [2.75, 3.05) is 40.5 Å². The molecule has 0 aromatic carbocycles. The number of hydrogen-bond acceptors (Lipinski definition) is 12. The van der Waals surface area contributed by atoms with Gasteiger partial charge in [-0.25, -0.2) is 4.57 Å². The second-order valence-electron chi connectivity index (χ2n) is 12.7. The molecule has 49 heavy (non-hydrogen) atoms. The predicted molar refractivity (Wildman–Crippen MR) is 192 cm³/mol. The minimum atomic E-state index is -4.89. The van der Waals surface area contributed by atoms with E-state index >= 15 is 0 Å². The molecule has 0 radical (unpaired) electrons. The third-order valence-electron chi connectivity index (χ3n) is 6.41. The van der Waals surface area contributed by atoms with Crippen molar-refractivity contribution in [2.45, 2.75) is 113 Å². The fraction of sp³-hybridized carbons (Fsp3) is 0.839. The van der Waals surface area contributed by atoms with Crippen LogP contribution in [0.4, 0.5) is 0 Å². The van der Waals surface area contributed by atoms with E-state index in [1.165, 1.54) is 26.4 Å². The molecule has 5 unspecified atom stereocenters. The van der Waals surface area contributed by atoms with Crippen molar-refractivity contribution >= 4 is 34.6 Å². The van der Waals surface area contributed by atoms with E-state index in [1.807, 2.05) is 27.7 Å². The van der Waals surface area contributed by atoms with Crippen molar-refractivity contribution in [3.63, 3.8) is 0 Å². The van der Waals surface area contributed by atoms with Gasteiger partial charge in [0.25, 0.3) is 0 Å². The van der Waals surface area contributed by atoms with Crippen molar-refractivity contribution in [3.05, 3.63) is 12.3 Å². The Morgan fingerprint density at radius 3 is 2.18 bits per heavy atom. The Morgan fingerprint density at radius 2 is 1.69 bits per heavy atom. The van der Waals surface area contributed by atoms with E-state index in [0.717, 1.165) is 11.3 Å². The largest absolute Gasteiger partial charge is 0.472 e. The number of amidine groups is 1. The van der Waals surface area contributed by atoms with Crippen LogP contribution in [0.5, 0.6) is 0 Å². The number of nitrogens with zero attached hydrogens (tertiary/aromatic N) is 2. The van der Waals surface area contributed by atoms with Crippen molar-refractivity contribution in [1.29, 1.82) is 0 Å². The Morgan fingerprint density at radius 1 is 1.10 bits per heavy atom. The minimum Gasteiger partial charge on any atom is -0.396 e. The number of aliphatic hydroxyl groups is 2. The van der Waals surface area contributed by atoms with E-state index in [1.54, 1.807) is 0 Å². The highest BCUT2D eigenvalue weighted by molar-refractivity contribution is 7.47. The van der Waals surface area contributed by atoms with Crippen LogP contribution in [0.3, 0.4) is 0 Å². The number of aliphatic hydroxyl groups excluding tert-OH is 2. The summed E-state index contributed by atoms with van der Waals surface area (Å²) < 4.78 is 33.2. The SMILES string of the molecule is CC.CC.COC(COP(O)O)C(OP(=O)(O)OCC(CO)CCCCNC(=O)CC(C)(C)CC(C)(C)C)C(O)N(C)/C=C\C(N)=NC=O. The molecule has 0 aromatic heterocycles. The lowest BCUT2D eigenvalue weighted by molar-refractivity contribution is -0.123. The molecule has 0 aromatic rings. The van der Waals surface area contributed by atoms with Gasteiger partial charge < -0.3 is 50.1 Å². The maximum Gasteiger partial charge on any atom is 0.472 e. The molecule has 0 aliphatic heterocycles. The molecule has 0 fully saturated rings. The number of rotatable bonds is 24. The first-order chi connectivity index (χ1) is 22.8. The van der Waals surface area contributed by atoms with Crippen LogP contribution in [0.25, 0.3) is 0 Å². The Hall–Kier alpha value is -1.55. The molecule has 0 saturated carbocycles. The van der Waals surface area contributed by atoms with Gasteiger partial charge in [0.1, 0.15) is 18.0 Å². The summed E-state index contributed by atoms with van der Waals surface area (Å²) in [6, 6.07) is 0. The number of nitrogens with one attached hydrogen (secondary N) is 1. The maximum absolute atomic E-state index is 12.9. The number of amides is 2. The van der Waals surface area contributed by atoms with Gasteiger partial charge in [0.15, 0.2) is 6.23 Å². The molecule has 0 aliphatic rings. The molecule has 0 aliphatic carbocycles. The molecule has 5 atom stereocenters. The highest BCUT2D eigenvalue weighted by atomic mass is 31.2. The summed E-state index contributed by atoms with van der Waals surface area (Å²) in [5.41, 5.74) is 5.48. The van der Waals surface area contributed by atoms with Crippen LogP contribution in [-0.4, -0.2) is 107 Å². The van der Waals surface area contributed by atoms with Crippen molar-refractivity contribution in [2.24, 2.45) is 27.5 Å². The normalized spacial score (nSPS) is 16.0. The molecule has 2 amide bonds. The lowest BCUT2D eigenvalue weighted by atomic mass is 9.74. The molecule has 8 N–H and O–H groups in total. The van der Waals surface area contributed by atoms with Crippen LogP contribution in [0.15, 0.2) is 17.3 Å². The van der Waals surface area contributed by atoms with E-state index in [0.29, 0.717) is 32.2 Å². The Bertz CT molecular complexity index is 981. The van der Waals surface area contributed by atoms with Crippen molar-refractivity contribution < 1.29 is 57.4 Å². The minimum absolute atomic E-state index is 0.0329. The number of carbonyl (C=O) groups is 2. The topological polar surface area (TPSA) is 243 Å². The van der Waals surface area contributed by atoms with Gasteiger partial charge in [0.05, 0.1) is 13.2 Å². The predicted octanol–water partition coefficient (Wildman–Crippen LogP) is 3.81. The van der Waals surface area contributed by atoms with Gasteiger partial charge in [-0.15, -0.1) is 0 Å². The molecular formula is C31H66N4O12P2. The third-order valence-corrected chi connectivity index (χ3v) is 7.78. The van der Waals surface area contributed by atoms with Crippen LogP contribution in [0.1, 0.15) is 94.4 Å². The molecular weight excluding hydrogens is 682 g/mol. The maximum atomic E-state index is 12.9. The molecule has 18 heteroatoms. The van der Waals surface area contributed by atoms with E-state index < -0.39 is 47.4 Å². The van der Waals surface area contributed by atoms with Gasteiger partial charge in [-0.1, -0.05) is 68.7 Å². The number of carbonyl (C=O) groups excluding carboxylic acids is 2. The average Bonchev–Trinajstić information content (AvgIpc) is 3.00. The van der Waals surface area contributed by atoms with Crippen LogP contribution >= 0.6 is 16.4 Å². The van der Waals surface area contributed by atoms with Gasteiger partial charge in [-0.05, 0) is 36.2 Å². The third kappa shape index (κ3) is 27.8. The van der Waals surface area contributed by atoms with Crippen LogP contribution in [0.2, 0.25) is 0 Å². The first-order valence-electron chi connectivity index (χ1n) is 16.5. The van der Waals surface area contributed by atoms with Crippen molar-refractivity contribution in [1.82, 2.24) is 10.2 Å². The van der Waals surface area contributed by atoms with Gasteiger partial charge in [0.2, 0.25) is 12.3 Å². The second-order valence-corrected chi connectivity index (χ2v) is 14.9. The lowest BCUT2D eigenvalue weighted by Gasteiger charge is -2.34. The highest BCUT2D eigenvalue weighted by Crippen LogP contribution is 2.47. The summed E-state index contributed by atoms with van der Waals surface area (Å²) in [6.45, 7) is 17.7. The van der Waals surface area contributed by atoms with Crippen LogP contribution < -0.4 is 11.1 Å². The van der Waals surface area contributed by atoms with Gasteiger partial charge in [-0.2, -0.15) is 4.99 Å². The molecule has 0 bridgehead atoms. The summed E-state index contributed by atoms with van der Waals surface area (Å²) in [4.78, 5) is 56.0. The summed E-state index contributed by atoms with van der Waals surface area (Å²) in [5, 5.41) is 23.6. The number of methoxy groups -OCH3 is 1. The Balaban J connectivity index is -0.00000508. The number of aliphatic imine (C=N–C) groups is 1. The molecule has 0 spiro atoms. The van der Waals surface area contributed by atoms with Gasteiger partial charge >= 0.3 is 16.4 Å². The summed E-state index contributed by atoms with van der Waals surface area (Å²) in [7, 11) is -5.18. The standard InChI is InChI=1S/C27H54N4O12P2.2C2H6/c1-26(2,3)18-27(4,5)14-23(34)29-12-9-8-10-20(15-32)16-42-45(38,39)43-24(21(40-7)17-41-44(36)37)25(35)31(6)13-11-22(28)30-19-33;2*1-2/h11,13,19-21,24-25,32,35-37H,8-10,12,14-18H2,1-7H3,(H,29,34)(H,38,39)(H2,28,30,33);2*1-2H3/b13-11-;;. The molecule has 0 saturated heterocycles. The number of unbranched alkanes of at least 4 members (excludes halogenated alkanes) is 1.